The maximum absolute atomic E-state index is 12.5. The Labute approximate surface area is 189 Å². The zero-order valence-electron chi connectivity index (χ0n) is 18.4. The Bertz CT molecular complexity index is 1200. The van der Waals surface area contributed by atoms with E-state index in [0.717, 1.165) is 5.69 Å². The van der Waals surface area contributed by atoms with E-state index in [4.69, 9.17) is 11.5 Å². The van der Waals surface area contributed by atoms with Crippen molar-refractivity contribution in [3.05, 3.63) is 41.7 Å². The van der Waals surface area contributed by atoms with Gasteiger partial charge in [0.15, 0.2) is 22.8 Å². The second kappa shape index (κ2) is 9.98. The number of nitrogens with zero attached hydrogens (tertiary/aromatic N) is 5. The second-order valence-electron chi connectivity index (χ2n) is 7.81. The molecule has 11 heteroatoms. The fourth-order valence-electron chi connectivity index (χ4n) is 3.33. The topological polar surface area (TPSA) is 178 Å². The summed E-state index contributed by atoms with van der Waals surface area (Å²) in [7, 11) is 1.85. The van der Waals surface area contributed by atoms with Crippen LogP contribution in [0.2, 0.25) is 0 Å². The molecule has 3 aromatic rings. The molecule has 2 heterocycles. The van der Waals surface area contributed by atoms with Crippen LogP contribution in [0.3, 0.4) is 0 Å². The molecular formula is C22H25N7O4. The van der Waals surface area contributed by atoms with E-state index < -0.39 is 11.9 Å². The Morgan fingerprint density at radius 3 is 2.42 bits per heavy atom. The van der Waals surface area contributed by atoms with Crippen molar-refractivity contribution in [2.24, 2.45) is 5.92 Å². The SMILES string of the molecule is CC(=O)CC[C@H](CC(=O)c1ccc(N(C)Cc2cnc3nc(N)nc(N)c3n2)cc1)C(=O)O. The summed E-state index contributed by atoms with van der Waals surface area (Å²) in [4.78, 5) is 53.6. The van der Waals surface area contributed by atoms with E-state index in [1.807, 2.05) is 11.9 Å². The summed E-state index contributed by atoms with van der Waals surface area (Å²) in [5.41, 5.74) is 14.0. The first-order valence-electron chi connectivity index (χ1n) is 10.2. The number of carboxylic acid groups (broad SMARTS) is 1. The molecule has 0 saturated heterocycles. The van der Waals surface area contributed by atoms with Crippen molar-refractivity contribution in [3.8, 4) is 0 Å². The minimum atomic E-state index is -1.08. The summed E-state index contributed by atoms with van der Waals surface area (Å²) < 4.78 is 0. The smallest absolute Gasteiger partial charge is 0.306 e. The Balaban J connectivity index is 1.67. The first-order valence-corrected chi connectivity index (χ1v) is 10.2. The van der Waals surface area contributed by atoms with E-state index >= 15 is 0 Å². The van der Waals surface area contributed by atoms with E-state index in [9.17, 15) is 19.5 Å². The normalized spacial score (nSPS) is 11.8. The molecular weight excluding hydrogens is 426 g/mol. The number of carbonyl (C=O) groups is 3. The quantitative estimate of drug-likeness (QED) is 0.383. The third-order valence-electron chi connectivity index (χ3n) is 5.16. The number of anilines is 3. The zero-order valence-corrected chi connectivity index (χ0v) is 18.4. The number of carbonyl (C=O) groups excluding carboxylic acids is 2. The third kappa shape index (κ3) is 5.97. The summed E-state index contributed by atoms with van der Waals surface area (Å²) in [5, 5.41) is 9.33. The lowest BCUT2D eigenvalue weighted by molar-refractivity contribution is -0.142. The van der Waals surface area contributed by atoms with Gasteiger partial charge in [-0.25, -0.2) is 9.97 Å². The molecule has 0 aliphatic heterocycles. The van der Waals surface area contributed by atoms with Gasteiger partial charge >= 0.3 is 5.97 Å². The number of nitrogen functional groups attached to an aromatic ring is 2. The number of carboxylic acids is 1. The van der Waals surface area contributed by atoms with Crippen molar-refractivity contribution in [1.29, 1.82) is 0 Å². The maximum Gasteiger partial charge on any atom is 0.306 e. The van der Waals surface area contributed by atoms with Crippen molar-refractivity contribution in [1.82, 2.24) is 19.9 Å². The van der Waals surface area contributed by atoms with Gasteiger partial charge in [-0.15, -0.1) is 0 Å². The summed E-state index contributed by atoms with van der Waals surface area (Å²) in [6.45, 7) is 1.81. The molecule has 172 valence electrons. The molecule has 0 bridgehead atoms. The average molecular weight is 451 g/mol. The lowest BCUT2D eigenvalue weighted by atomic mass is 9.93. The molecule has 0 spiro atoms. The number of hydrogen-bond acceptors (Lipinski definition) is 10. The number of nitrogens with two attached hydrogens (primary N) is 2. The Morgan fingerprint density at radius 1 is 1.09 bits per heavy atom. The van der Waals surface area contributed by atoms with Gasteiger partial charge in [-0.2, -0.15) is 9.97 Å². The summed E-state index contributed by atoms with van der Waals surface area (Å²) >= 11 is 0. The van der Waals surface area contributed by atoms with Gasteiger partial charge in [-0.1, -0.05) is 0 Å². The predicted octanol–water partition coefficient (Wildman–Crippen LogP) is 1.86. The fourth-order valence-corrected chi connectivity index (χ4v) is 3.33. The molecule has 0 amide bonds. The molecule has 11 nitrogen and oxygen atoms in total. The van der Waals surface area contributed by atoms with Crippen molar-refractivity contribution >= 4 is 46.2 Å². The lowest BCUT2D eigenvalue weighted by Gasteiger charge is -2.19. The Morgan fingerprint density at radius 2 is 1.79 bits per heavy atom. The van der Waals surface area contributed by atoms with Gasteiger partial charge in [-0.3, -0.25) is 9.59 Å². The van der Waals surface area contributed by atoms with Gasteiger partial charge < -0.3 is 26.3 Å². The van der Waals surface area contributed by atoms with Gasteiger partial charge in [0.25, 0.3) is 0 Å². The van der Waals surface area contributed by atoms with Gasteiger partial charge in [0.1, 0.15) is 5.78 Å². The van der Waals surface area contributed by atoms with E-state index in [-0.39, 0.29) is 42.6 Å². The fraction of sp³-hybridized carbons (Fsp3) is 0.318. The highest BCUT2D eigenvalue weighted by Crippen LogP contribution is 2.21. The number of hydrogen-bond donors (Lipinski definition) is 3. The molecule has 0 saturated carbocycles. The van der Waals surface area contributed by atoms with Crippen LogP contribution in [-0.4, -0.2) is 49.6 Å². The highest BCUT2D eigenvalue weighted by atomic mass is 16.4. The molecule has 2 aromatic heterocycles. The number of ketones is 2. The van der Waals surface area contributed by atoms with Gasteiger partial charge in [0.2, 0.25) is 5.95 Å². The molecule has 5 N–H and O–H groups in total. The number of Topliss-reactive ketones (excluding diaryl/α,β-unsaturated/α-hetero) is 2. The van der Waals surface area contributed by atoms with Crippen LogP contribution in [-0.2, 0) is 16.1 Å². The monoisotopic (exact) mass is 451 g/mol. The van der Waals surface area contributed by atoms with Crippen LogP contribution in [0.15, 0.2) is 30.5 Å². The van der Waals surface area contributed by atoms with Gasteiger partial charge in [-0.05, 0) is 37.6 Å². The molecule has 33 heavy (non-hydrogen) atoms. The van der Waals surface area contributed by atoms with Crippen molar-refractivity contribution < 1.29 is 19.5 Å². The molecule has 0 aliphatic carbocycles. The summed E-state index contributed by atoms with van der Waals surface area (Å²) in [5.74, 6) is -2.16. The average Bonchev–Trinajstić information content (AvgIpc) is 2.76. The molecule has 0 aliphatic rings. The zero-order chi connectivity index (χ0) is 24.1. The second-order valence-corrected chi connectivity index (χ2v) is 7.81. The van der Waals surface area contributed by atoms with Crippen molar-refractivity contribution in [2.75, 3.05) is 23.4 Å². The van der Waals surface area contributed by atoms with Crippen molar-refractivity contribution in [2.45, 2.75) is 32.7 Å². The van der Waals surface area contributed by atoms with Crippen LogP contribution in [0.4, 0.5) is 17.5 Å². The standard InChI is InChI=1S/C22H25N7O4/c1-12(30)3-4-14(21(32)33)9-17(31)13-5-7-16(8-6-13)29(2)11-15-10-25-20-18(26-15)19(23)27-22(24)28-20/h5-8,10,14H,3-4,9,11H2,1-2H3,(H,32,33)(H4,23,24,25,27,28)/t14-/m1/s1. The molecule has 1 atom stereocenters. The van der Waals surface area contributed by atoms with Crippen LogP contribution >= 0.6 is 0 Å². The highest BCUT2D eigenvalue weighted by molar-refractivity contribution is 5.98. The van der Waals surface area contributed by atoms with Gasteiger partial charge in [0, 0.05) is 31.1 Å². The first-order chi connectivity index (χ1) is 15.6. The molecule has 1 aromatic carbocycles. The van der Waals surface area contributed by atoms with Crippen LogP contribution < -0.4 is 16.4 Å². The molecule has 0 radical (unpaired) electrons. The van der Waals surface area contributed by atoms with E-state index in [1.165, 1.54) is 6.92 Å². The largest absolute Gasteiger partial charge is 0.481 e. The number of benzene rings is 1. The number of rotatable bonds is 10. The van der Waals surface area contributed by atoms with E-state index in [2.05, 4.69) is 19.9 Å². The van der Waals surface area contributed by atoms with Crippen LogP contribution in [0, 0.1) is 5.92 Å². The number of aliphatic carboxylic acids is 1. The van der Waals surface area contributed by atoms with Crippen LogP contribution in [0.25, 0.3) is 11.2 Å². The summed E-state index contributed by atoms with van der Waals surface area (Å²) in [6.07, 6.45) is 1.71. The van der Waals surface area contributed by atoms with E-state index in [1.54, 1.807) is 30.5 Å². The maximum atomic E-state index is 12.5. The van der Waals surface area contributed by atoms with Crippen LogP contribution in [0.1, 0.15) is 42.2 Å². The Hall–Kier alpha value is -4.15. The van der Waals surface area contributed by atoms with Crippen LogP contribution in [0.5, 0.6) is 0 Å². The lowest BCUT2D eigenvalue weighted by Crippen LogP contribution is -2.19. The minimum Gasteiger partial charge on any atom is -0.481 e. The number of fused-ring (bicyclic) bond motifs is 1. The van der Waals surface area contributed by atoms with E-state index in [0.29, 0.717) is 29.0 Å². The highest BCUT2D eigenvalue weighted by Gasteiger charge is 2.22. The molecule has 0 fully saturated rings. The molecule has 3 rings (SSSR count). The van der Waals surface area contributed by atoms with Crippen molar-refractivity contribution in [3.63, 3.8) is 0 Å². The first kappa shape index (κ1) is 23.5. The molecule has 0 unspecified atom stereocenters. The Kier molecular flexibility index (Phi) is 7.11. The minimum absolute atomic E-state index is 0.0299. The summed E-state index contributed by atoms with van der Waals surface area (Å²) in [6, 6.07) is 6.84. The predicted molar refractivity (Wildman–Crippen MR) is 122 cm³/mol. The van der Waals surface area contributed by atoms with Gasteiger partial charge in [0.05, 0.1) is 24.4 Å². The third-order valence-corrected chi connectivity index (χ3v) is 5.16. The number of aromatic nitrogens is 4.